The van der Waals surface area contributed by atoms with Crippen molar-refractivity contribution in [3.8, 4) is 0 Å². The van der Waals surface area contributed by atoms with Gasteiger partial charge in [-0.2, -0.15) is 0 Å². The van der Waals surface area contributed by atoms with Crippen molar-refractivity contribution in [3.63, 3.8) is 0 Å². The molecule has 0 fully saturated rings. The molecule has 0 spiro atoms. The van der Waals surface area contributed by atoms with E-state index in [1.807, 2.05) is 19.9 Å². The number of esters is 1. The van der Waals surface area contributed by atoms with Gasteiger partial charge in [0.1, 0.15) is 0 Å². The SMILES string of the molecule is CCOC(=O)CC(C)N[C@@H](C)c1cccs1. The standard InChI is InChI=1S/C12H19NO2S/c1-4-15-12(14)8-9(2)13-10(3)11-6-5-7-16-11/h5-7,9-10,13H,4,8H2,1-3H3/t9?,10-/m0/s1. The molecule has 1 unspecified atom stereocenters. The van der Waals surface area contributed by atoms with Gasteiger partial charge in [0.05, 0.1) is 13.0 Å². The summed E-state index contributed by atoms with van der Waals surface area (Å²) in [6.45, 7) is 6.38. The summed E-state index contributed by atoms with van der Waals surface area (Å²) in [5, 5.41) is 5.44. The summed E-state index contributed by atoms with van der Waals surface area (Å²) in [5.74, 6) is -0.138. The zero-order valence-electron chi connectivity index (χ0n) is 10.0. The van der Waals surface area contributed by atoms with Crippen LogP contribution in [0.3, 0.4) is 0 Å². The van der Waals surface area contributed by atoms with Crippen molar-refractivity contribution < 1.29 is 9.53 Å². The van der Waals surface area contributed by atoms with Crippen LogP contribution in [-0.2, 0) is 9.53 Å². The topological polar surface area (TPSA) is 38.3 Å². The number of nitrogens with one attached hydrogen (secondary N) is 1. The van der Waals surface area contributed by atoms with E-state index in [1.165, 1.54) is 4.88 Å². The van der Waals surface area contributed by atoms with Crippen molar-refractivity contribution in [3.05, 3.63) is 22.4 Å². The van der Waals surface area contributed by atoms with E-state index in [2.05, 4.69) is 23.7 Å². The average Bonchev–Trinajstić information content (AvgIpc) is 2.69. The summed E-state index contributed by atoms with van der Waals surface area (Å²) in [4.78, 5) is 12.5. The molecule has 0 amide bonds. The third-order valence-corrected chi connectivity index (χ3v) is 3.34. The molecular formula is C12H19NO2S. The van der Waals surface area contributed by atoms with E-state index in [1.54, 1.807) is 11.3 Å². The van der Waals surface area contributed by atoms with Gasteiger partial charge in [0.15, 0.2) is 0 Å². The molecule has 0 bridgehead atoms. The Labute approximate surface area is 101 Å². The van der Waals surface area contributed by atoms with Crippen LogP contribution in [0.25, 0.3) is 0 Å². The van der Waals surface area contributed by atoms with Crippen molar-refractivity contribution >= 4 is 17.3 Å². The summed E-state index contributed by atoms with van der Waals surface area (Å²) in [5.41, 5.74) is 0. The smallest absolute Gasteiger partial charge is 0.307 e. The van der Waals surface area contributed by atoms with E-state index in [9.17, 15) is 4.79 Å². The maximum atomic E-state index is 11.3. The number of hydrogen-bond donors (Lipinski definition) is 1. The van der Waals surface area contributed by atoms with Gasteiger partial charge in [0, 0.05) is 17.0 Å². The molecule has 0 aliphatic heterocycles. The normalized spacial score (nSPS) is 14.4. The molecule has 0 saturated carbocycles. The van der Waals surface area contributed by atoms with Gasteiger partial charge >= 0.3 is 5.97 Å². The van der Waals surface area contributed by atoms with Gasteiger partial charge < -0.3 is 10.1 Å². The predicted molar refractivity (Wildman–Crippen MR) is 66.6 cm³/mol. The first-order valence-electron chi connectivity index (χ1n) is 5.58. The van der Waals surface area contributed by atoms with Crippen LogP contribution in [0.5, 0.6) is 0 Å². The first-order chi connectivity index (χ1) is 7.63. The Balaban J connectivity index is 2.34. The Bertz CT molecular complexity index is 311. The maximum absolute atomic E-state index is 11.3. The quantitative estimate of drug-likeness (QED) is 0.778. The zero-order valence-corrected chi connectivity index (χ0v) is 10.8. The minimum atomic E-state index is -0.138. The molecule has 1 heterocycles. The van der Waals surface area contributed by atoms with Crippen LogP contribution in [0.1, 0.15) is 38.1 Å². The summed E-state index contributed by atoms with van der Waals surface area (Å²) in [6, 6.07) is 4.55. The van der Waals surface area contributed by atoms with Gasteiger partial charge in [-0.15, -0.1) is 11.3 Å². The van der Waals surface area contributed by atoms with Gasteiger partial charge in [-0.3, -0.25) is 4.79 Å². The van der Waals surface area contributed by atoms with Crippen LogP contribution in [0.4, 0.5) is 0 Å². The van der Waals surface area contributed by atoms with E-state index in [0.717, 1.165) is 0 Å². The third kappa shape index (κ3) is 4.33. The van der Waals surface area contributed by atoms with Gasteiger partial charge in [0.25, 0.3) is 0 Å². The number of carbonyl (C=O) groups is 1. The highest BCUT2D eigenvalue weighted by atomic mass is 32.1. The molecular weight excluding hydrogens is 222 g/mol. The molecule has 2 atom stereocenters. The highest BCUT2D eigenvalue weighted by molar-refractivity contribution is 7.10. The second-order valence-electron chi connectivity index (χ2n) is 3.81. The Hall–Kier alpha value is -0.870. The summed E-state index contributed by atoms with van der Waals surface area (Å²) in [7, 11) is 0. The van der Waals surface area contributed by atoms with E-state index in [4.69, 9.17) is 4.74 Å². The Morgan fingerprint density at radius 1 is 1.56 bits per heavy atom. The van der Waals surface area contributed by atoms with Crippen molar-refractivity contribution in [1.29, 1.82) is 0 Å². The lowest BCUT2D eigenvalue weighted by molar-refractivity contribution is -0.143. The molecule has 1 rings (SSSR count). The minimum Gasteiger partial charge on any atom is -0.466 e. The molecule has 90 valence electrons. The predicted octanol–water partition coefficient (Wildman–Crippen LogP) is 2.74. The van der Waals surface area contributed by atoms with Crippen molar-refractivity contribution in [2.75, 3.05) is 6.61 Å². The van der Waals surface area contributed by atoms with E-state index in [-0.39, 0.29) is 18.1 Å². The molecule has 1 aromatic rings. The molecule has 0 saturated heterocycles. The minimum absolute atomic E-state index is 0.135. The lowest BCUT2D eigenvalue weighted by Gasteiger charge is -2.18. The highest BCUT2D eigenvalue weighted by Gasteiger charge is 2.13. The summed E-state index contributed by atoms with van der Waals surface area (Å²) >= 11 is 1.72. The average molecular weight is 241 g/mol. The first kappa shape index (κ1) is 13.2. The first-order valence-corrected chi connectivity index (χ1v) is 6.46. The molecule has 1 N–H and O–H groups in total. The summed E-state index contributed by atoms with van der Waals surface area (Å²) in [6.07, 6.45) is 0.420. The van der Waals surface area contributed by atoms with Crippen molar-refractivity contribution in [2.24, 2.45) is 0 Å². The second-order valence-corrected chi connectivity index (χ2v) is 4.79. The molecule has 0 radical (unpaired) electrons. The lowest BCUT2D eigenvalue weighted by Crippen LogP contribution is -2.31. The molecule has 4 heteroatoms. The lowest BCUT2D eigenvalue weighted by atomic mass is 10.2. The largest absolute Gasteiger partial charge is 0.466 e. The molecule has 1 aromatic heterocycles. The maximum Gasteiger partial charge on any atom is 0.307 e. The number of hydrogen-bond acceptors (Lipinski definition) is 4. The fraction of sp³-hybridized carbons (Fsp3) is 0.583. The van der Waals surface area contributed by atoms with Crippen LogP contribution in [-0.4, -0.2) is 18.6 Å². The van der Waals surface area contributed by atoms with Crippen molar-refractivity contribution in [1.82, 2.24) is 5.32 Å². The highest BCUT2D eigenvalue weighted by Crippen LogP contribution is 2.18. The molecule has 0 aliphatic rings. The van der Waals surface area contributed by atoms with Gasteiger partial charge in [-0.1, -0.05) is 6.07 Å². The Morgan fingerprint density at radius 2 is 2.31 bits per heavy atom. The Morgan fingerprint density at radius 3 is 2.88 bits per heavy atom. The molecule has 16 heavy (non-hydrogen) atoms. The van der Waals surface area contributed by atoms with Crippen LogP contribution in [0.15, 0.2) is 17.5 Å². The van der Waals surface area contributed by atoms with Crippen molar-refractivity contribution in [2.45, 2.75) is 39.3 Å². The number of thiophene rings is 1. The van der Waals surface area contributed by atoms with E-state index in [0.29, 0.717) is 13.0 Å². The van der Waals surface area contributed by atoms with Crippen LogP contribution >= 0.6 is 11.3 Å². The monoisotopic (exact) mass is 241 g/mol. The van der Waals surface area contributed by atoms with E-state index >= 15 is 0 Å². The Kier molecular flexibility index (Phi) is 5.49. The number of rotatable bonds is 6. The number of carbonyl (C=O) groups excluding carboxylic acids is 1. The zero-order chi connectivity index (χ0) is 12.0. The third-order valence-electron chi connectivity index (χ3n) is 2.28. The fourth-order valence-electron chi connectivity index (χ4n) is 1.58. The molecule has 0 aliphatic carbocycles. The molecule has 3 nitrogen and oxygen atoms in total. The molecule has 0 aromatic carbocycles. The second kappa shape index (κ2) is 6.66. The summed E-state index contributed by atoms with van der Waals surface area (Å²) < 4.78 is 4.91. The van der Waals surface area contributed by atoms with E-state index < -0.39 is 0 Å². The van der Waals surface area contributed by atoms with Gasteiger partial charge in [-0.05, 0) is 32.2 Å². The van der Waals surface area contributed by atoms with Crippen LogP contribution < -0.4 is 5.32 Å². The van der Waals surface area contributed by atoms with Gasteiger partial charge in [0.2, 0.25) is 0 Å². The van der Waals surface area contributed by atoms with Crippen LogP contribution in [0, 0.1) is 0 Å². The van der Waals surface area contributed by atoms with Crippen LogP contribution in [0.2, 0.25) is 0 Å². The number of ether oxygens (including phenoxy) is 1. The van der Waals surface area contributed by atoms with Gasteiger partial charge in [-0.25, -0.2) is 0 Å². The fourth-order valence-corrected chi connectivity index (χ4v) is 2.32.